The van der Waals surface area contributed by atoms with E-state index in [1.54, 1.807) is 13.0 Å². The minimum absolute atomic E-state index is 0.107. The van der Waals surface area contributed by atoms with E-state index in [1.807, 2.05) is 12.2 Å². The van der Waals surface area contributed by atoms with E-state index >= 15 is 0 Å². The molecule has 2 amide bonds. The fraction of sp³-hybridized carbons (Fsp3) is 0.421. The highest BCUT2D eigenvalue weighted by molar-refractivity contribution is 6.08. The van der Waals surface area contributed by atoms with Gasteiger partial charge in [-0.2, -0.15) is 0 Å². The average molecular weight is 372 g/mol. The van der Waals surface area contributed by atoms with Crippen molar-refractivity contribution in [3.05, 3.63) is 52.1 Å². The molecule has 1 aliphatic heterocycles. The monoisotopic (exact) mass is 372 g/mol. The molecule has 1 heterocycles. The average Bonchev–Trinajstić information content (AvgIpc) is 2.92. The number of imide groups is 1. The highest BCUT2D eigenvalue weighted by Crippen LogP contribution is 2.36. The number of benzene rings is 1. The number of amides is 2. The summed E-state index contributed by atoms with van der Waals surface area (Å²) in [5.41, 5.74) is 0.353. The van der Waals surface area contributed by atoms with Gasteiger partial charge in [-0.1, -0.05) is 24.3 Å². The van der Waals surface area contributed by atoms with Crippen LogP contribution in [0.2, 0.25) is 0 Å². The minimum atomic E-state index is -1.04. The lowest BCUT2D eigenvalue weighted by molar-refractivity contribution is -0.385. The minimum Gasteiger partial charge on any atom is -0.456 e. The SMILES string of the molecule is C[C@@H](OC(=O)[C@H](C)N1C(=O)[C@H]2CC=CC[C@@H]2C1=O)c1cccc([N+](=O)[O-])c1. The fourth-order valence-corrected chi connectivity index (χ4v) is 3.55. The van der Waals surface area contributed by atoms with E-state index in [2.05, 4.69) is 0 Å². The number of ether oxygens (including phenoxy) is 1. The summed E-state index contributed by atoms with van der Waals surface area (Å²) in [5, 5.41) is 10.9. The third-order valence-electron chi connectivity index (χ3n) is 5.11. The first-order valence-corrected chi connectivity index (χ1v) is 8.78. The summed E-state index contributed by atoms with van der Waals surface area (Å²) < 4.78 is 5.37. The van der Waals surface area contributed by atoms with Gasteiger partial charge < -0.3 is 4.74 Å². The number of fused-ring (bicyclic) bond motifs is 1. The molecule has 0 N–H and O–H groups in total. The van der Waals surface area contributed by atoms with Crippen LogP contribution in [-0.2, 0) is 19.1 Å². The Hall–Kier alpha value is -3.03. The molecule has 1 aromatic rings. The Kier molecular flexibility index (Phi) is 5.07. The molecule has 142 valence electrons. The maximum absolute atomic E-state index is 12.6. The van der Waals surface area contributed by atoms with Crippen LogP contribution in [0, 0.1) is 22.0 Å². The van der Waals surface area contributed by atoms with Crippen LogP contribution < -0.4 is 0 Å². The van der Waals surface area contributed by atoms with Gasteiger partial charge in [-0.05, 0) is 32.3 Å². The zero-order chi connectivity index (χ0) is 19.7. The van der Waals surface area contributed by atoms with Crippen LogP contribution in [0.25, 0.3) is 0 Å². The summed E-state index contributed by atoms with van der Waals surface area (Å²) in [7, 11) is 0. The van der Waals surface area contributed by atoms with E-state index in [0.29, 0.717) is 18.4 Å². The van der Waals surface area contributed by atoms with Gasteiger partial charge >= 0.3 is 5.97 Å². The third kappa shape index (κ3) is 3.47. The van der Waals surface area contributed by atoms with E-state index in [0.717, 1.165) is 4.90 Å². The zero-order valence-electron chi connectivity index (χ0n) is 15.0. The van der Waals surface area contributed by atoms with E-state index in [1.165, 1.54) is 25.1 Å². The Morgan fingerprint density at radius 3 is 2.33 bits per heavy atom. The lowest BCUT2D eigenvalue weighted by Gasteiger charge is -2.23. The van der Waals surface area contributed by atoms with Gasteiger partial charge in [0.15, 0.2) is 0 Å². The Balaban J connectivity index is 1.70. The molecule has 27 heavy (non-hydrogen) atoms. The number of rotatable bonds is 5. The van der Waals surface area contributed by atoms with E-state index < -0.39 is 34.9 Å². The number of nitro benzene ring substituents is 1. The summed E-state index contributed by atoms with van der Waals surface area (Å²) in [5.74, 6) is -2.23. The molecular weight excluding hydrogens is 352 g/mol. The van der Waals surface area contributed by atoms with Crippen molar-refractivity contribution in [3.63, 3.8) is 0 Å². The second kappa shape index (κ2) is 7.30. The van der Waals surface area contributed by atoms with Gasteiger partial charge in [0.1, 0.15) is 12.1 Å². The zero-order valence-corrected chi connectivity index (χ0v) is 15.0. The third-order valence-corrected chi connectivity index (χ3v) is 5.11. The molecule has 0 unspecified atom stereocenters. The molecule has 0 saturated carbocycles. The maximum Gasteiger partial charge on any atom is 0.329 e. The number of non-ortho nitro benzene ring substituents is 1. The van der Waals surface area contributed by atoms with Gasteiger partial charge in [0.05, 0.1) is 16.8 Å². The quantitative estimate of drug-likeness (QED) is 0.258. The first kappa shape index (κ1) is 18.8. The van der Waals surface area contributed by atoms with E-state index in [-0.39, 0.29) is 17.5 Å². The Morgan fingerprint density at radius 2 is 1.78 bits per heavy atom. The predicted octanol–water partition coefficient (Wildman–Crippen LogP) is 2.54. The van der Waals surface area contributed by atoms with Crippen LogP contribution >= 0.6 is 0 Å². The molecule has 3 rings (SSSR count). The number of carbonyl (C=O) groups excluding carboxylic acids is 3. The van der Waals surface area contributed by atoms with Gasteiger partial charge in [0, 0.05) is 12.1 Å². The normalized spacial score (nSPS) is 23.7. The maximum atomic E-state index is 12.6. The standard InChI is InChI=1S/C19H20N2O6/c1-11(20-17(22)15-8-3-4-9-16(15)18(20)23)19(24)27-12(2)13-6-5-7-14(10-13)21(25)26/h3-7,10-12,15-16H,8-9H2,1-2H3/t11-,12+,15-,16-/m0/s1. The summed E-state index contributed by atoms with van der Waals surface area (Å²) in [6, 6.07) is 4.75. The van der Waals surface area contributed by atoms with Gasteiger partial charge in [-0.15, -0.1) is 0 Å². The van der Waals surface area contributed by atoms with Crippen molar-refractivity contribution in [3.8, 4) is 0 Å². The number of likely N-dealkylation sites (tertiary alicyclic amines) is 1. The van der Waals surface area contributed by atoms with E-state index in [9.17, 15) is 24.5 Å². The largest absolute Gasteiger partial charge is 0.456 e. The molecule has 8 heteroatoms. The van der Waals surface area contributed by atoms with Crippen molar-refractivity contribution in [2.45, 2.75) is 38.8 Å². The molecule has 1 aromatic carbocycles. The highest BCUT2D eigenvalue weighted by atomic mass is 16.6. The van der Waals surface area contributed by atoms with Crippen molar-refractivity contribution < 1.29 is 24.0 Å². The van der Waals surface area contributed by atoms with Gasteiger partial charge in [-0.25, -0.2) is 4.79 Å². The number of nitrogens with zero attached hydrogens (tertiary/aromatic N) is 2. The number of hydrogen-bond acceptors (Lipinski definition) is 6. The molecule has 0 spiro atoms. The van der Waals surface area contributed by atoms with Crippen LogP contribution in [0.1, 0.15) is 38.4 Å². The molecule has 0 aromatic heterocycles. The molecule has 4 atom stereocenters. The van der Waals surface area contributed by atoms with Crippen LogP contribution in [0.15, 0.2) is 36.4 Å². The smallest absolute Gasteiger partial charge is 0.329 e. The summed E-state index contributed by atoms with van der Waals surface area (Å²) in [4.78, 5) is 49.0. The van der Waals surface area contributed by atoms with Gasteiger partial charge in [0.2, 0.25) is 11.8 Å². The molecule has 2 aliphatic rings. The molecule has 1 aliphatic carbocycles. The molecule has 0 bridgehead atoms. The number of esters is 1. The number of carbonyl (C=O) groups is 3. The van der Waals surface area contributed by atoms with Crippen LogP contribution in [-0.4, -0.2) is 33.6 Å². The lowest BCUT2D eigenvalue weighted by Crippen LogP contribution is -2.44. The van der Waals surface area contributed by atoms with Crippen molar-refractivity contribution >= 4 is 23.5 Å². The Bertz CT molecular complexity index is 807. The summed E-state index contributed by atoms with van der Waals surface area (Å²) in [6.07, 6.45) is 4.00. The number of nitro groups is 1. The van der Waals surface area contributed by atoms with E-state index in [4.69, 9.17) is 4.74 Å². The van der Waals surface area contributed by atoms with Crippen LogP contribution in [0.5, 0.6) is 0 Å². The lowest BCUT2D eigenvalue weighted by atomic mass is 9.85. The van der Waals surface area contributed by atoms with Gasteiger partial charge in [-0.3, -0.25) is 24.6 Å². The first-order chi connectivity index (χ1) is 12.8. The van der Waals surface area contributed by atoms with Gasteiger partial charge in [0.25, 0.3) is 5.69 Å². The molecular formula is C19H20N2O6. The summed E-state index contributed by atoms with van der Waals surface area (Å²) in [6.45, 7) is 3.05. The molecule has 1 fully saturated rings. The fourth-order valence-electron chi connectivity index (χ4n) is 3.55. The van der Waals surface area contributed by atoms with Crippen LogP contribution in [0.3, 0.4) is 0 Å². The van der Waals surface area contributed by atoms with Crippen LogP contribution in [0.4, 0.5) is 5.69 Å². The topological polar surface area (TPSA) is 107 Å². The highest BCUT2D eigenvalue weighted by Gasteiger charge is 2.50. The molecule has 0 radical (unpaired) electrons. The Morgan fingerprint density at radius 1 is 1.19 bits per heavy atom. The summed E-state index contributed by atoms with van der Waals surface area (Å²) >= 11 is 0. The Labute approximate surface area is 155 Å². The number of allylic oxidation sites excluding steroid dienone is 2. The number of hydrogen-bond donors (Lipinski definition) is 0. The van der Waals surface area contributed by atoms with Crippen molar-refractivity contribution in [2.24, 2.45) is 11.8 Å². The second-order valence-electron chi connectivity index (χ2n) is 6.81. The van der Waals surface area contributed by atoms with Crippen molar-refractivity contribution in [1.82, 2.24) is 4.90 Å². The first-order valence-electron chi connectivity index (χ1n) is 8.78. The van der Waals surface area contributed by atoms with Crippen molar-refractivity contribution in [1.29, 1.82) is 0 Å². The molecule has 8 nitrogen and oxygen atoms in total. The predicted molar refractivity (Wildman–Crippen MR) is 94.3 cm³/mol. The second-order valence-corrected chi connectivity index (χ2v) is 6.81. The molecule has 1 saturated heterocycles. The van der Waals surface area contributed by atoms with Crippen molar-refractivity contribution in [2.75, 3.05) is 0 Å².